The quantitative estimate of drug-likeness (QED) is 0.289. The third kappa shape index (κ3) is 4.45. The third-order valence-corrected chi connectivity index (χ3v) is 70.1. The van der Waals surface area contributed by atoms with Crippen molar-refractivity contribution in [3.63, 3.8) is 0 Å². The van der Waals surface area contributed by atoms with Gasteiger partial charge in [0.25, 0.3) is 0 Å². The van der Waals surface area contributed by atoms with E-state index in [0.29, 0.717) is 6.61 Å². The van der Waals surface area contributed by atoms with Gasteiger partial charge in [-0.3, -0.25) is 0 Å². The highest BCUT2D eigenvalue weighted by atomic mass is 29.9. The first-order valence-electron chi connectivity index (χ1n) is 8.92. The van der Waals surface area contributed by atoms with Crippen LogP contribution in [0.1, 0.15) is 20.3 Å². The highest BCUT2D eigenvalue weighted by molar-refractivity contribution is 7.87. The fraction of sp³-hybridized carbons (Fsp3) is 0.812. The van der Waals surface area contributed by atoms with Crippen molar-refractivity contribution < 1.29 is 22.8 Å². The van der Waals surface area contributed by atoms with Crippen LogP contribution in [-0.4, -0.2) is 62.7 Å². The molecule has 0 aliphatic carbocycles. The van der Waals surface area contributed by atoms with Gasteiger partial charge in [0.1, 0.15) is 0 Å². The first-order valence-corrected chi connectivity index (χ1v) is 22.7. The second kappa shape index (κ2) is 9.24. The Labute approximate surface area is 157 Å². The highest BCUT2D eigenvalue weighted by Gasteiger charge is 2.75. The molecule has 148 valence electrons. The predicted molar refractivity (Wildman–Crippen MR) is 114 cm³/mol. The van der Waals surface area contributed by atoms with Gasteiger partial charge in [0.05, 0.1) is 5.73 Å². The molecule has 0 bridgehead atoms. The lowest BCUT2D eigenvalue weighted by atomic mass is 10.5. The van der Waals surface area contributed by atoms with Gasteiger partial charge >= 0.3 is 5.97 Å². The average molecular weight is 423 g/mol. The summed E-state index contributed by atoms with van der Waals surface area (Å²) in [6, 6.07) is 0. The summed E-state index contributed by atoms with van der Waals surface area (Å²) in [6.45, 7) is 19.5. The fourth-order valence-corrected chi connectivity index (χ4v) is 83.5. The standard InChI is InChI=1S/C16H38O5Si4/c1-12-15(17)21-16(13-2)25(22(6,7)18-4,23(8,9)19-5)24(10,11)20-14-3/h12,16H,1,13-14H2,2-11H3. The molecule has 0 aromatic heterocycles. The van der Waals surface area contributed by atoms with Crippen LogP contribution in [0.4, 0.5) is 0 Å². The number of hydrogen-bond donors (Lipinski definition) is 0. The average Bonchev–Trinajstić information content (AvgIpc) is 2.53. The lowest BCUT2D eigenvalue weighted by Crippen LogP contribution is -2.91. The van der Waals surface area contributed by atoms with Crippen LogP contribution in [0.2, 0.25) is 39.3 Å². The Kier molecular flexibility index (Phi) is 9.23. The molecular formula is C16H38O5Si4. The van der Waals surface area contributed by atoms with Crippen LogP contribution in [0.5, 0.6) is 0 Å². The topological polar surface area (TPSA) is 54.0 Å². The molecule has 0 radical (unpaired) electrons. The van der Waals surface area contributed by atoms with Crippen LogP contribution in [0.15, 0.2) is 12.7 Å². The molecule has 5 nitrogen and oxygen atoms in total. The van der Waals surface area contributed by atoms with E-state index in [-0.39, 0.29) is 11.7 Å². The molecule has 0 rings (SSSR count). The van der Waals surface area contributed by atoms with E-state index in [9.17, 15) is 4.79 Å². The van der Waals surface area contributed by atoms with Gasteiger partial charge in [0.15, 0.2) is 30.1 Å². The minimum absolute atomic E-state index is 0.186. The van der Waals surface area contributed by atoms with Gasteiger partial charge in [-0.15, -0.1) is 0 Å². The maximum absolute atomic E-state index is 12.1. The molecule has 9 heteroatoms. The zero-order valence-corrected chi connectivity index (χ0v) is 21.8. The van der Waals surface area contributed by atoms with Crippen molar-refractivity contribution in [1.29, 1.82) is 0 Å². The third-order valence-electron chi connectivity index (χ3n) is 5.65. The Morgan fingerprint density at radius 3 is 1.68 bits per heavy atom. The first kappa shape index (κ1) is 25.0. The van der Waals surface area contributed by atoms with Crippen LogP contribution in [0.3, 0.4) is 0 Å². The van der Waals surface area contributed by atoms with Crippen LogP contribution in [0, 0.1) is 0 Å². The summed E-state index contributed by atoms with van der Waals surface area (Å²) in [7, 11) is -3.16. The molecule has 1 atom stereocenters. The van der Waals surface area contributed by atoms with Crippen LogP contribution >= 0.6 is 0 Å². The Balaban J connectivity index is 6.88. The Morgan fingerprint density at radius 2 is 1.40 bits per heavy atom. The molecule has 0 saturated carbocycles. The number of hydrogen-bond acceptors (Lipinski definition) is 5. The van der Waals surface area contributed by atoms with E-state index in [1.54, 1.807) is 14.2 Å². The second-order valence-electron chi connectivity index (χ2n) is 7.72. The first-order chi connectivity index (χ1) is 11.3. The number of carbonyl (C=O) groups is 1. The predicted octanol–water partition coefficient (Wildman–Crippen LogP) is 3.66. The maximum Gasteiger partial charge on any atom is 0.330 e. The van der Waals surface area contributed by atoms with Crippen LogP contribution in [-0.2, 0) is 22.8 Å². The molecule has 0 N–H and O–H groups in total. The zero-order valence-electron chi connectivity index (χ0n) is 17.8. The SMILES string of the molecule is C=CC(=O)OC(CC)[Si]([Si](C)(C)OC)([Si](C)(C)OC)[Si](C)(C)OCC. The van der Waals surface area contributed by atoms with E-state index < -0.39 is 30.1 Å². The molecule has 0 aromatic rings. The minimum atomic E-state index is -2.45. The number of carbonyl (C=O) groups excluding carboxylic acids is 1. The summed E-state index contributed by atoms with van der Waals surface area (Å²) in [4.78, 5) is 12.1. The summed E-state index contributed by atoms with van der Waals surface area (Å²) in [5.74, 6) is -0.369. The van der Waals surface area contributed by atoms with Crippen molar-refractivity contribution >= 4 is 36.1 Å². The van der Waals surface area contributed by atoms with Crippen molar-refractivity contribution in [3.8, 4) is 0 Å². The van der Waals surface area contributed by atoms with E-state index in [1.165, 1.54) is 6.08 Å². The van der Waals surface area contributed by atoms with Crippen molar-refractivity contribution in [2.24, 2.45) is 0 Å². The molecule has 0 aliphatic heterocycles. The number of ether oxygens (including phenoxy) is 1. The normalized spacial score (nSPS) is 15.0. The van der Waals surface area contributed by atoms with E-state index >= 15 is 0 Å². The molecular weight excluding hydrogens is 385 g/mol. The van der Waals surface area contributed by atoms with Gasteiger partial charge in [0, 0.05) is 26.9 Å². The second-order valence-corrected chi connectivity index (χ2v) is 42.6. The van der Waals surface area contributed by atoms with Gasteiger partial charge in [-0.1, -0.05) is 13.5 Å². The molecule has 0 fully saturated rings. The van der Waals surface area contributed by atoms with E-state index in [1.807, 2.05) is 6.92 Å². The van der Waals surface area contributed by atoms with E-state index in [4.69, 9.17) is 18.0 Å². The molecule has 0 amide bonds. The Morgan fingerprint density at radius 1 is 0.960 bits per heavy atom. The monoisotopic (exact) mass is 422 g/mol. The lowest BCUT2D eigenvalue weighted by molar-refractivity contribution is -0.139. The summed E-state index contributed by atoms with van der Waals surface area (Å²) < 4.78 is 24.9. The summed E-state index contributed by atoms with van der Waals surface area (Å²) in [5.41, 5.74) is -0.186. The zero-order chi connectivity index (χ0) is 20.1. The number of esters is 1. The van der Waals surface area contributed by atoms with E-state index in [0.717, 1.165) is 6.42 Å². The minimum Gasteiger partial charge on any atom is -0.464 e. The van der Waals surface area contributed by atoms with Crippen molar-refractivity contribution in [3.05, 3.63) is 12.7 Å². The van der Waals surface area contributed by atoms with Crippen LogP contribution < -0.4 is 0 Å². The van der Waals surface area contributed by atoms with Crippen molar-refractivity contribution in [1.82, 2.24) is 0 Å². The van der Waals surface area contributed by atoms with E-state index in [2.05, 4.69) is 52.8 Å². The van der Waals surface area contributed by atoms with Gasteiger partial charge in [0.2, 0.25) is 0 Å². The smallest absolute Gasteiger partial charge is 0.330 e. The fourth-order valence-electron chi connectivity index (χ4n) is 4.80. The van der Waals surface area contributed by atoms with Crippen molar-refractivity contribution in [2.75, 3.05) is 20.8 Å². The lowest BCUT2D eigenvalue weighted by Gasteiger charge is -2.58. The highest BCUT2D eigenvalue weighted by Crippen LogP contribution is 2.42. The summed E-state index contributed by atoms with van der Waals surface area (Å²) >= 11 is 0. The Bertz CT molecular complexity index is 449. The Hall–Kier alpha value is -0.0425. The van der Waals surface area contributed by atoms with Crippen LogP contribution in [0.25, 0.3) is 0 Å². The largest absolute Gasteiger partial charge is 0.464 e. The molecule has 0 aromatic carbocycles. The maximum atomic E-state index is 12.1. The molecule has 1 unspecified atom stereocenters. The number of rotatable bonds is 11. The molecule has 0 spiro atoms. The van der Waals surface area contributed by atoms with Gasteiger partial charge < -0.3 is 18.0 Å². The molecule has 25 heavy (non-hydrogen) atoms. The summed E-state index contributed by atoms with van der Waals surface area (Å²) in [6.07, 6.45) is 1.99. The van der Waals surface area contributed by atoms with Gasteiger partial charge in [-0.05, 0) is 52.6 Å². The molecule has 0 saturated heterocycles. The van der Waals surface area contributed by atoms with Gasteiger partial charge in [-0.25, -0.2) is 4.79 Å². The molecule has 0 aliphatic rings. The molecule has 0 heterocycles. The summed E-state index contributed by atoms with van der Waals surface area (Å²) in [5, 5.41) is 0. The van der Waals surface area contributed by atoms with Crippen molar-refractivity contribution in [2.45, 2.75) is 65.3 Å². The van der Waals surface area contributed by atoms with Gasteiger partial charge in [-0.2, -0.15) is 0 Å².